The van der Waals surface area contributed by atoms with Gasteiger partial charge < -0.3 is 14.6 Å². The van der Waals surface area contributed by atoms with Crippen LogP contribution in [-0.2, 0) is 11.3 Å². The zero-order chi connectivity index (χ0) is 21.6. The molecule has 0 bridgehead atoms. The lowest BCUT2D eigenvalue weighted by molar-refractivity contribution is -0.123. The first-order chi connectivity index (χ1) is 15.1. The summed E-state index contributed by atoms with van der Waals surface area (Å²) >= 11 is 11.9. The van der Waals surface area contributed by atoms with Gasteiger partial charge in [0.25, 0.3) is 5.91 Å². The van der Waals surface area contributed by atoms with Crippen molar-refractivity contribution in [1.29, 1.82) is 0 Å². The van der Waals surface area contributed by atoms with Crippen LogP contribution in [0.1, 0.15) is 5.69 Å². The molecule has 0 radical (unpaired) electrons. The number of nitrogens with zero attached hydrogens (tertiary/aromatic N) is 1. The number of benzene rings is 3. The highest BCUT2D eigenvalue weighted by Crippen LogP contribution is 2.27. The van der Waals surface area contributed by atoms with Crippen molar-refractivity contribution >= 4 is 29.1 Å². The van der Waals surface area contributed by atoms with E-state index in [4.69, 9.17) is 32.5 Å². The summed E-state index contributed by atoms with van der Waals surface area (Å²) in [6.07, 6.45) is 0. The number of carbonyl (C=O) groups is 1. The summed E-state index contributed by atoms with van der Waals surface area (Å²) in [5, 5.41) is 7.61. The van der Waals surface area contributed by atoms with Crippen LogP contribution in [0.2, 0.25) is 10.0 Å². The molecule has 3 aromatic carbocycles. The van der Waals surface area contributed by atoms with Gasteiger partial charge in [0.15, 0.2) is 12.4 Å². The maximum absolute atomic E-state index is 12.1. The van der Waals surface area contributed by atoms with Crippen LogP contribution >= 0.6 is 23.2 Å². The van der Waals surface area contributed by atoms with E-state index in [1.807, 2.05) is 42.5 Å². The number of carbonyl (C=O) groups excluding carboxylic acids is 1. The van der Waals surface area contributed by atoms with Crippen LogP contribution in [0, 0.1) is 0 Å². The quantitative estimate of drug-likeness (QED) is 0.372. The average molecular weight is 453 g/mol. The maximum Gasteiger partial charge on any atom is 0.258 e. The van der Waals surface area contributed by atoms with Crippen molar-refractivity contribution in [2.45, 2.75) is 6.54 Å². The lowest BCUT2D eigenvalue weighted by Crippen LogP contribution is -2.28. The fourth-order valence-corrected chi connectivity index (χ4v) is 3.43. The highest BCUT2D eigenvalue weighted by atomic mass is 35.5. The van der Waals surface area contributed by atoms with Crippen LogP contribution in [0.15, 0.2) is 83.4 Å². The van der Waals surface area contributed by atoms with E-state index in [1.54, 1.807) is 24.3 Å². The lowest BCUT2D eigenvalue weighted by atomic mass is 10.0. The molecular weight excluding hydrogens is 435 g/mol. The molecule has 7 heteroatoms. The molecule has 4 rings (SSSR count). The molecule has 0 atom stereocenters. The van der Waals surface area contributed by atoms with E-state index in [2.05, 4.69) is 22.6 Å². The highest BCUT2D eigenvalue weighted by Gasteiger charge is 2.10. The number of nitrogens with one attached hydrogen (secondary N) is 1. The molecule has 0 saturated heterocycles. The van der Waals surface area contributed by atoms with Gasteiger partial charge in [0, 0.05) is 16.7 Å². The number of halogens is 2. The van der Waals surface area contributed by atoms with Crippen molar-refractivity contribution in [3.05, 3.63) is 94.6 Å². The molecule has 0 saturated carbocycles. The molecule has 0 aliphatic carbocycles. The monoisotopic (exact) mass is 452 g/mol. The van der Waals surface area contributed by atoms with E-state index in [0.717, 1.165) is 16.7 Å². The summed E-state index contributed by atoms with van der Waals surface area (Å²) < 4.78 is 10.8. The second kappa shape index (κ2) is 9.69. The fourth-order valence-electron chi connectivity index (χ4n) is 2.96. The highest BCUT2D eigenvalue weighted by molar-refractivity contribution is 6.35. The molecule has 0 spiro atoms. The second-order valence-electron chi connectivity index (χ2n) is 6.77. The summed E-state index contributed by atoms with van der Waals surface area (Å²) in [6.45, 7) is 0.0507. The van der Waals surface area contributed by atoms with E-state index < -0.39 is 0 Å². The molecular formula is C24H18Cl2N2O3. The number of ether oxygens (including phenoxy) is 1. The molecule has 0 aliphatic heterocycles. The number of hydrogen-bond acceptors (Lipinski definition) is 4. The summed E-state index contributed by atoms with van der Waals surface area (Å²) in [4.78, 5) is 12.1. The Labute approximate surface area is 189 Å². The molecule has 1 heterocycles. The Balaban J connectivity index is 1.31. The third-order valence-corrected chi connectivity index (χ3v) is 5.09. The van der Waals surface area contributed by atoms with Gasteiger partial charge in [0.05, 0.1) is 11.6 Å². The minimum atomic E-state index is -0.303. The maximum atomic E-state index is 12.1. The van der Waals surface area contributed by atoms with Crippen molar-refractivity contribution in [3.8, 4) is 28.2 Å². The number of aromatic nitrogens is 1. The van der Waals surface area contributed by atoms with Gasteiger partial charge in [-0.15, -0.1) is 0 Å². The van der Waals surface area contributed by atoms with Crippen LogP contribution in [0.3, 0.4) is 0 Å². The Hall–Kier alpha value is -3.28. The van der Waals surface area contributed by atoms with Gasteiger partial charge in [-0.3, -0.25) is 4.79 Å². The average Bonchev–Trinajstić information content (AvgIpc) is 3.27. The Morgan fingerprint density at radius 1 is 0.903 bits per heavy atom. The molecule has 31 heavy (non-hydrogen) atoms. The van der Waals surface area contributed by atoms with Gasteiger partial charge in [0.1, 0.15) is 11.4 Å². The van der Waals surface area contributed by atoms with Crippen LogP contribution in [0.5, 0.6) is 5.75 Å². The van der Waals surface area contributed by atoms with Crippen LogP contribution < -0.4 is 10.1 Å². The van der Waals surface area contributed by atoms with Gasteiger partial charge in [0.2, 0.25) is 0 Å². The standard InChI is InChI=1S/C24H18Cl2N2O3/c25-19-10-11-22(21(26)12-19)30-15-24(29)27-14-20-13-23(31-28-20)18-8-6-17(7-9-18)16-4-2-1-3-5-16/h1-13H,14-15H2,(H,27,29). The summed E-state index contributed by atoms with van der Waals surface area (Å²) in [5.74, 6) is 0.722. The van der Waals surface area contributed by atoms with E-state index in [1.165, 1.54) is 0 Å². The Bertz CT molecular complexity index is 1180. The predicted molar refractivity (Wildman–Crippen MR) is 121 cm³/mol. The third kappa shape index (κ3) is 5.45. The number of hydrogen-bond donors (Lipinski definition) is 1. The first-order valence-electron chi connectivity index (χ1n) is 9.54. The van der Waals surface area contributed by atoms with E-state index >= 15 is 0 Å². The Morgan fingerprint density at radius 3 is 2.35 bits per heavy atom. The largest absolute Gasteiger partial charge is 0.482 e. The molecule has 1 amide bonds. The first kappa shape index (κ1) is 21.0. The van der Waals surface area contributed by atoms with Gasteiger partial charge in [-0.2, -0.15) is 0 Å². The van der Waals surface area contributed by atoms with Crippen LogP contribution in [-0.4, -0.2) is 17.7 Å². The fraction of sp³-hybridized carbons (Fsp3) is 0.0833. The molecule has 1 N–H and O–H groups in total. The van der Waals surface area contributed by atoms with E-state index in [0.29, 0.717) is 27.2 Å². The molecule has 1 aromatic heterocycles. The molecule has 0 fully saturated rings. The molecule has 4 aromatic rings. The zero-order valence-corrected chi connectivity index (χ0v) is 17.9. The Kier molecular flexibility index (Phi) is 6.55. The van der Waals surface area contributed by atoms with Gasteiger partial charge >= 0.3 is 0 Å². The minimum Gasteiger partial charge on any atom is -0.482 e. The van der Waals surface area contributed by atoms with Crippen molar-refractivity contribution < 1.29 is 14.1 Å². The molecule has 0 unspecified atom stereocenters. The Morgan fingerprint density at radius 2 is 1.61 bits per heavy atom. The first-order valence-corrected chi connectivity index (χ1v) is 10.3. The van der Waals surface area contributed by atoms with Crippen molar-refractivity contribution in [1.82, 2.24) is 10.5 Å². The van der Waals surface area contributed by atoms with E-state index in [9.17, 15) is 4.79 Å². The van der Waals surface area contributed by atoms with Gasteiger partial charge in [-0.1, -0.05) is 83.0 Å². The lowest BCUT2D eigenvalue weighted by Gasteiger charge is -2.08. The van der Waals surface area contributed by atoms with Crippen LogP contribution in [0.25, 0.3) is 22.5 Å². The van der Waals surface area contributed by atoms with Crippen LogP contribution in [0.4, 0.5) is 0 Å². The summed E-state index contributed by atoms with van der Waals surface area (Å²) in [6, 6.07) is 24.8. The summed E-state index contributed by atoms with van der Waals surface area (Å²) in [5.41, 5.74) is 3.79. The van der Waals surface area contributed by atoms with Crippen molar-refractivity contribution in [2.24, 2.45) is 0 Å². The molecule has 156 valence electrons. The summed E-state index contributed by atoms with van der Waals surface area (Å²) in [7, 11) is 0. The zero-order valence-electron chi connectivity index (χ0n) is 16.3. The minimum absolute atomic E-state index is 0.174. The van der Waals surface area contributed by atoms with Gasteiger partial charge in [-0.25, -0.2) is 0 Å². The third-order valence-electron chi connectivity index (χ3n) is 4.55. The number of rotatable bonds is 7. The second-order valence-corrected chi connectivity index (χ2v) is 7.61. The topological polar surface area (TPSA) is 64.4 Å². The van der Waals surface area contributed by atoms with E-state index in [-0.39, 0.29) is 19.1 Å². The van der Waals surface area contributed by atoms with Crippen molar-refractivity contribution in [3.63, 3.8) is 0 Å². The van der Waals surface area contributed by atoms with Gasteiger partial charge in [-0.05, 0) is 29.3 Å². The molecule has 0 aliphatic rings. The SMILES string of the molecule is O=C(COc1ccc(Cl)cc1Cl)NCc1cc(-c2ccc(-c3ccccc3)cc2)on1. The normalized spacial score (nSPS) is 10.6. The predicted octanol–water partition coefficient (Wildman–Crippen LogP) is 6.01. The van der Waals surface area contributed by atoms with Crippen molar-refractivity contribution in [2.75, 3.05) is 6.61 Å². The number of amides is 1. The molecule has 5 nitrogen and oxygen atoms in total. The smallest absolute Gasteiger partial charge is 0.258 e.